The summed E-state index contributed by atoms with van der Waals surface area (Å²) in [5, 5.41) is 10.3. The van der Waals surface area contributed by atoms with E-state index in [-0.39, 0.29) is 0 Å². The second-order valence-corrected chi connectivity index (χ2v) is 8.10. The van der Waals surface area contributed by atoms with Gasteiger partial charge in [0.05, 0.1) is 12.7 Å². The van der Waals surface area contributed by atoms with Crippen molar-refractivity contribution in [2.75, 3.05) is 20.2 Å². The summed E-state index contributed by atoms with van der Waals surface area (Å²) >= 11 is 0. The van der Waals surface area contributed by atoms with Gasteiger partial charge in [0.2, 0.25) is 0 Å². The standard InChI is InChI=1S/C25H27N3O2/c1-29-17-21-12-11-20(30-21)16-28-13-5-8-19(15-28)25-24(14-26-27-25)23-10-4-7-18-6-2-3-9-22(18)23/h2-4,6-7,9-12,14,19H,5,8,13,15-17H2,1H3,(H,26,27)/t19-/m0/s1. The van der Waals surface area contributed by atoms with E-state index in [4.69, 9.17) is 9.15 Å². The van der Waals surface area contributed by atoms with Crippen LogP contribution in [-0.2, 0) is 17.9 Å². The predicted molar refractivity (Wildman–Crippen MR) is 118 cm³/mol. The highest BCUT2D eigenvalue weighted by Gasteiger charge is 2.26. The molecule has 0 radical (unpaired) electrons. The summed E-state index contributed by atoms with van der Waals surface area (Å²) in [5.74, 6) is 2.32. The average Bonchev–Trinajstić information content (AvgIpc) is 3.44. The number of aromatic nitrogens is 2. The van der Waals surface area contributed by atoms with Crippen LogP contribution in [0.4, 0.5) is 0 Å². The number of hydrogen-bond acceptors (Lipinski definition) is 4. The second kappa shape index (κ2) is 8.46. The van der Waals surface area contributed by atoms with E-state index in [0.29, 0.717) is 12.5 Å². The summed E-state index contributed by atoms with van der Waals surface area (Å²) < 4.78 is 11.1. The Hall–Kier alpha value is -2.89. The fraction of sp³-hybridized carbons (Fsp3) is 0.320. The van der Waals surface area contributed by atoms with Crippen molar-refractivity contribution < 1.29 is 9.15 Å². The van der Waals surface area contributed by atoms with Gasteiger partial charge in [-0.1, -0.05) is 42.5 Å². The Labute approximate surface area is 176 Å². The molecule has 0 aliphatic carbocycles. The lowest BCUT2D eigenvalue weighted by Crippen LogP contribution is -2.34. The van der Waals surface area contributed by atoms with E-state index in [1.54, 1.807) is 7.11 Å². The molecule has 5 heteroatoms. The Balaban J connectivity index is 1.38. The number of piperidine rings is 1. The van der Waals surface area contributed by atoms with E-state index < -0.39 is 0 Å². The fourth-order valence-corrected chi connectivity index (χ4v) is 4.66. The molecular weight excluding hydrogens is 374 g/mol. The van der Waals surface area contributed by atoms with Crippen molar-refractivity contribution in [3.63, 3.8) is 0 Å². The van der Waals surface area contributed by atoms with Gasteiger partial charge in [-0.3, -0.25) is 10.00 Å². The van der Waals surface area contributed by atoms with Gasteiger partial charge in [-0.25, -0.2) is 0 Å². The van der Waals surface area contributed by atoms with Crippen molar-refractivity contribution in [1.29, 1.82) is 0 Å². The normalized spacial score (nSPS) is 17.6. The Morgan fingerprint density at radius 3 is 2.87 bits per heavy atom. The lowest BCUT2D eigenvalue weighted by atomic mass is 9.89. The number of ether oxygens (including phenoxy) is 1. The van der Waals surface area contributed by atoms with Crippen LogP contribution in [-0.4, -0.2) is 35.3 Å². The maximum atomic E-state index is 5.91. The number of hydrogen-bond donors (Lipinski definition) is 1. The minimum Gasteiger partial charge on any atom is -0.462 e. The number of aromatic amines is 1. The molecule has 2 aromatic carbocycles. The highest BCUT2D eigenvalue weighted by molar-refractivity contribution is 5.97. The highest BCUT2D eigenvalue weighted by Crippen LogP contribution is 2.36. The van der Waals surface area contributed by atoms with Gasteiger partial charge in [0.25, 0.3) is 0 Å². The first kappa shape index (κ1) is 19.1. The van der Waals surface area contributed by atoms with Gasteiger partial charge in [-0.15, -0.1) is 0 Å². The van der Waals surface area contributed by atoms with Crippen molar-refractivity contribution in [3.8, 4) is 11.1 Å². The first-order valence-electron chi connectivity index (χ1n) is 10.6. The van der Waals surface area contributed by atoms with Gasteiger partial charge >= 0.3 is 0 Å². The lowest BCUT2D eigenvalue weighted by Gasteiger charge is -2.32. The van der Waals surface area contributed by atoms with Crippen molar-refractivity contribution >= 4 is 10.8 Å². The molecule has 154 valence electrons. The Morgan fingerprint density at radius 1 is 1.07 bits per heavy atom. The average molecular weight is 402 g/mol. The molecule has 3 heterocycles. The molecule has 1 aliphatic heterocycles. The summed E-state index contributed by atoms with van der Waals surface area (Å²) in [6.07, 6.45) is 4.33. The van der Waals surface area contributed by atoms with E-state index >= 15 is 0 Å². The van der Waals surface area contributed by atoms with Crippen molar-refractivity contribution in [1.82, 2.24) is 15.1 Å². The molecule has 0 amide bonds. The zero-order valence-electron chi connectivity index (χ0n) is 17.3. The molecule has 5 rings (SSSR count). The molecule has 0 saturated carbocycles. The van der Waals surface area contributed by atoms with Crippen LogP contribution in [0.25, 0.3) is 21.9 Å². The molecule has 2 aromatic heterocycles. The molecule has 0 unspecified atom stereocenters. The lowest BCUT2D eigenvalue weighted by molar-refractivity contribution is 0.154. The van der Waals surface area contributed by atoms with E-state index in [1.165, 1.54) is 40.4 Å². The maximum absolute atomic E-state index is 5.91. The molecule has 1 atom stereocenters. The van der Waals surface area contributed by atoms with Gasteiger partial charge in [0, 0.05) is 30.8 Å². The number of furan rings is 1. The summed E-state index contributed by atoms with van der Waals surface area (Å²) in [6.45, 7) is 3.44. The van der Waals surface area contributed by atoms with E-state index in [0.717, 1.165) is 31.2 Å². The van der Waals surface area contributed by atoms with Crippen LogP contribution in [0.3, 0.4) is 0 Å². The smallest absolute Gasteiger partial charge is 0.129 e. The molecule has 1 fully saturated rings. The number of H-pyrrole nitrogens is 1. The molecule has 1 saturated heterocycles. The van der Waals surface area contributed by atoms with E-state index in [1.807, 2.05) is 12.3 Å². The number of benzene rings is 2. The van der Waals surface area contributed by atoms with Crippen LogP contribution in [0.5, 0.6) is 0 Å². The van der Waals surface area contributed by atoms with Gasteiger partial charge in [0.1, 0.15) is 18.1 Å². The summed E-state index contributed by atoms with van der Waals surface area (Å²) in [6, 6.07) is 19.1. The number of methoxy groups -OCH3 is 1. The minimum atomic E-state index is 0.434. The zero-order chi connectivity index (χ0) is 20.3. The van der Waals surface area contributed by atoms with Crippen molar-refractivity contribution in [3.05, 3.63) is 78.0 Å². The van der Waals surface area contributed by atoms with E-state index in [2.05, 4.69) is 63.6 Å². The molecule has 1 aliphatic rings. The first-order valence-corrected chi connectivity index (χ1v) is 10.6. The topological polar surface area (TPSA) is 54.3 Å². The summed E-state index contributed by atoms with van der Waals surface area (Å²) in [4.78, 5) is 2.48. The quantitative estimate of drug-likeness (QED) is 0.473. The highest BCUT2D eigenvalue weighted by atomic mass is 16.5. The minimum absolute atomic E-state index is 0.434. The molecular formula is C25H27N3O2. The number of rotatable bonds is 6. The van der Waals surface area contributed by atoms with Crippen LogP contribution in [0.1, 0.15) is 36.0 Å². The molecule has 5 nitrogen and oxygen atoms in total. The molecule has 0 bridgehead atoms. The zero-order valence-corrected chi connectivity index (χ0v) is 17.3. The molecule has 4 aromatic rings. The van der Waals surface area contributed by atoms with Gasteiger partial charge in [-0.05, 0) is 47.9 Å². The fourth-order valence-electron chi connectivity index (χ4n) is 4.66. The van der Waals surface area contributed by atoms with Crippen LogP contribution < -0.4 is 0 Å². The molecule has 0 spiro atoms. The third kappa shape index (κ3) is 3.78. The summed E-state index contributed by atoms with van der Waals surface area (Å²) in [7, 11) is 1.69. The molecule has 1 N–H and O–H groups in total. The predicted octanol–water partition coefficient (Wildman–Crippen LogP) is 5.35. The number of fused-ring (bicyclic) bond motifs is 1. The number of nitrogens with zero attached hydrogens (tertiary/aromatic N) is 2. The van der Waals surface area contributed by atoms with Gasteiger partial charge in [-0.2, -0.15) is 5.10 Å². The molecule has 30 heavy (non-hydrogen) atoms. The third-order valence-corrected chi connectivity index (χ3v) is 6.05. The van der Waals surface area contributed by atoms with Crippen LogP contribution >= 0.6 is 0 Å². The largest absolute Gasteiger partial charge is 0.462 e. The van der Waals surface area contributed by atoms with Crippen LogP contribution in [0.15, 0.2) is 65.2 Å². The van der Waals surface area contributed by atoms with Crippen molar-refractivity contribution in [2.24, 2.45) is 0 Å². The number of likely N-dealkylation sites (tertiary alicyclic amines) is 1. The van der Waals surface area contributed by atoms with Crippen molar-refractivity contribution in [2.45, 2.75) is 31.9 Å². The number of nitrogens with one attached hydrogen (secondary N) is 1. The van der Waals surface area contributed by atoms with Gasteiger partial charge < -0.3 is 9.15 Å². The summed E-state index contributed by atoms with van der Waals surface area (Å²) in [5.41, 5.74) is 3.72. The Kier molecular flexibility index (Phi) is 5.39. The Bertz CT molecular complexity index is 1120. The van der Waals surface area contributed by atoms with E-state index in [9.17, 15) is 0 Å². The maximum Gasteiger partial charge on any atom is 0.129 e. The monoisotopic (exact) mass is 401 g/mol. The second-order valence-electron chi connectivity index (χ2n) is 8.10. The SMILES string of the molecule is COCc1ccc(CN2CCC[C@H](c3[nH]ncc3-c3cccc4ccccc34)C2)o1. The first-order chi connectivity index (χ1) is 14.8. The van der Waals surface area contributed by atoms with Gasteiger partial charge in [0.15, 0.2) is 0 Å². The third-order valence-electron chi connectivity index (χ3n) is 6.05. The van der Waals surface area contributed by atoms with Crippen LogP contribution in [0, 0.1) is 0 Å². The van der Waals surface area contributed by atoms with Crippen LogP contribution in [0.2, 0.25) is 0 Å². The Morgan fingerprint density at radius 2 is 1.93 bits per heavy atom.